The summed E-state index contributed by atoms with van der Waals surface area (Å²) in [5.74, 6) is 1.14. The van der Waals surface area contributed by atoms with Crippen molar-refractivity contribution in [1.82, 2.24) is 20.4 Å². The number of carbonyl (C=O) groups excluding carboxylic acids is 1. The first kappa shape index (κ1) is 21.0. The Labute approximate surface area is 180 Å². The molecule has 0 bridgehead atoms. The number of benzene rings is 2. The molecule has 8 heteroatoms. The predicted octanol–water partition coefficient (Wildman–Crippen LogP) is 3.41. The summed E-state index contributed by atoms with van der Waals surface area (Å²) in [6.45, 7) is 2.48. The molecule has 1 aliphatic heterocycles. The summed E-state index contributed by atoms with van der Waals surface area (Å²) in [5, 5.41) is 6.90. The van der Waals surface area contributed by atoms with Gasteiger partial charge in [-0.1, -0.05) is 29.4 Å². The van der Waals surface area contributed by atoms with Gasteiger partial charge in [-0.25, -0.2) is 4.39 Å². The van der Waals surface area contributed by atoms with E-state index in [4.69, 9.17) is 9.26 Å². The van der Waals surface area contributed by atoms with Crippen LogP contribution in [0.4, 0.5) is 4.39 Å². The summed E-state index contributed by atoms with van der Waals surface area (Å²) in [7, 11) is 1.60. The zero-order valence-electron chi connectivity index (χ0n) is 17.4. The lowest BCUT2D eigenvalue weighted by atomic mass is 9.96. The van der Waals surface area contributed by atoms with Crippen LogP contribution in [0.1, 0.15) is 24.3 Å². The highest BCUT2D eigenvalue weighted by molar-refractivity contribution is 5.78. The highest BCUT2D eigenvalue weighted by atomic mass is 19.1. The summed E-state index contributed by atoms with van der Waals surface area (Å²) < 4.78 is 23.6. The number of hydrogen-bond donors (Lipinski definition) is 1. The number of carbonyl (C=O) groups is 1. The zero-order chi connectivity index (χ0) is 21.6. The molecule has 2 heterocycles. The zero-order valence-corrected chi connectivity index (χ0v) is 17.4. The molecule has 162 valence electrons. The molecule has 1 amide bonds. The van der Waals surface area contributed by atoms with Gasteiger partial charge in [0.25, 0.3) is 0 Å². The van der Waals surface area contributed by atoms with Gasteiger partial charge < -0.3 is 14.6 Å². The minimum atomic E-state index is -0.241. The number of ether oxygens (including phenoxy) is 1. The lowest BCUT2D eigenvalue weighted by Crippen LogP contribution is -2.42. The molecule has 0 aliphatic carbocycles. The number of methoxy groups -OCH3 is 1. The molecule has 31 heavy (non-hydrogen) atoms. The molecule has 3 aromatic rings. The van der Waals surface area contributed by atoms with Gasteiger partial charge in [0, 0.05) is 18.7 Å². The predicted molar refractivity (Wildman–Crippen MR) is 113 cm³/mol. The molecule has 0 saturated carbocycles. The molecular weight excluding hydrogens is 399 g/mol. The van der Waals surface area contributed by atoms with Crippen LogP contribution in [0.2, 0.25) is 0 Å². The lowest BCUT2D eigenvalue weighted by Gasteiger charge is -2.31. The molecule has 1 N–H and O–H groups in total. The maximum absolute atomic E-state index is 13.1. The number of hydrogen-bond acceptors (Lipinski definition) is 6. The van der Waals surface area contributed by atoms with Gasteiger partial charge >= 0.3 is 0 Å². The van der Waals surface area contributed by atoms with E-state index in [0.717, 1.165) is 30.5 Å². The van der Waals surface area contributed by atoms with Crippen molar-refractivity contribution in [3.05, 3.63) is 65.8 Å². The second kappa shape index (κ2) is 9.70. The Bertz CT molecular complexity index is 1020. The number of amides is 1. The van der Waals surface area contributed by atoms with Crippen molar-refractivity contribution in [2.24, 2.45) is 5.92 Å². The number of nitrogens with one attached hydrogen (secondary N) is 1. The highest BCUT2D eigenvalue weighted by Gasteiger charge is 2.26. The Morgan fingerprint density at radius 2 is 2.13 bits per heavy atom. The Morgan fingerprint density at radius 1 is 1.29 bits per heavy atom. The monoisotopic (exact) mass is 424 g/mol. The van der Waals surface area contributed by atoms with E-state index >= 15 is 0 Å². The van der Waals surface area contributed by atoms with Crippen LogP contribution in [0.25, 0.3) is 11.4 Å². The van der Waals surface area contributed by atoms with Crippen LogP contribution in [-0.4, -0.2) is 41.1 Å². The van der Waals surface area contributed by atoms with E-state index < -0.39 is 0 Å². The molecule has 4 rings (SSSR count). The van der Waals surface area contributed by atoms with E-state index in [0.29, 0.717) is 30.6 Å². The maximum Gasteiger partial charge on any atom is 0.246 e. The van der Waals surface area contributed by atoms with Crippen molar-refractivity contribution in [2.75, 3.05) is 20.2 Å². The molecule has 1 saturated heterocycles. The minimum absolute atomic E-state index is 0.0232. The number of rotatable bonds is 7. The Morgan fingerprint density at radius 3 is 2.94 bits per heavy atom. The van der Waals surface area contributed by atoms with Gasteiger partial charge in [-0.05, 0) is 49.2 Å². The second-order valence-electron chi connectivity index (χ2n) is 7.66. The van der Waals surface area contributed by atoms with Crippen molar-refractivity contribution in [3.63, 3.8) is 0 Å². The summed E-state index contributed by atoms with van der Waals surface area (Å²) in [6, 6.07) is 13.9. The Hall–Kier alpha value is -3.26. The van der Waals surface area contributed by atoms with E-state index in [1.807, 2.05) is 24.3 Å². The molecular formula is C23H25FN4O3. The molecule has 0 radical (unpaired) electrons. The van der Waals surface area contributed by atoms with Crippen LogP contribution in [0.3, 0.4) is 0 Å². The van der Waals surface area contributed by atoms with E-state index in [-0.39, 0.29) is 24.2 Å². The fraction of sp³-hybridized carbons (Fsp3) is 0.348. The molecule has 0 spiro atoms. The number of piperidine rings is 1. The summed E-state index contributed by atoms with van der Waals surface area (Å²) in [6.07, 6.45) is 1.78. The highest BCUT2D eigenvalue weighted by Crippen LogP contribution is 2.22. The van der Waals surface area contributed by atoms with Crippen molar-refractivity contribution in [3.8, 4) is 17.1 Å². The molecule has 0 unspecified atom stereocenters. The van der Waals surface area contributed by atoms with Gasteiger partial charge in [-0.2, -0.15) is 4.98 Å². The summed E-state index contributed by atoms with van der Waals surface area (Å²) in [4.78, 5) is 19.3. The van der Waals surface area contributed by atoms with Crippen LogP contribution < -0.4 is 10.1 Å². The van der Waals surface area contributed by atoms with Gasteiger partial charge in [0.15, 0.2) is 0 Å². The van der Waals surface area contributed by atoms with E-state index in [1.165, 1.54) is 12.1 Å². The molecule has 1 aromatic heterocycles. The number of aromatic nitrogens is 2. The van der Waals surface area contributed by atoms with Crippen LogP contribution in [-0.2, 0) is 17.9 Å². The molecule has 1 atom stereocenters. The average molecular weight is 424 g/mol. The Balaban J connectivity index is 1.30. The van der Waals surface area contributed by atoms with Crippen LogP contribution in [0.5, 0.6) is 5.75 Å². The van der Waals surface area contributed by atoms with Crippen molar-refractivity contribution < 1.29 is 18.4 Å². The fourth-order valence-electron chi connectivity index (χ4n) is 3.77. The SMILES string of the molecule is COc1cccc(-c2noc(CNC(=O)[C@H]3CCCN(Cc4ccc(F)cc4)C3)n2)c1. The fourth-order valence-corrected chi connectivity index (χ4v) is 3.77. The van der Waals surface area contributed by atoms with Crippen LogP contribution >= 0.6 is 0 Å². The molecule has 7 nitrogen and oxygen atoms in total. The van der Waals surface area contributed by atoms with Crippen LogP contribution in [0, 0.1) is 11.7 Å². The standard InChI is InChI=1S/C23H25FN4O3/c1-30-20-6-2-4-17(12-20)22-26-21(31-27-22)13-25-23(29)18-5-3-11-28(15-18)14-16-7-9-19(24)10-8-16/h2,4,6-10,12,18H,3,5,11,13-15H2,1H3,(H,25,29)/t18-/m0/s1. The smallest absolute Gasteiger partial charge is 0.246 e. The maximum atomic E-state index is 13.1. The average Bonchev–Trinajstić information content (AvgIpc) is 3.28. The van der Waals surface area contributed by atoms with Gasteiger partial charge in [-0.3, -0.25) is 9.69 Å². The number of nitrogens with zero attached hydrogens (tertiary/aromatic N) is 3. The van der Waals surface area contributed by atoms with Gasteiger partial charge in [0.2, 0.25) is 17.6 Å². The second-order valence-corrected chi connectivity index (χ2v) is 7.66. The normalized spacial score (nSPS) is 16.8. The van der Waals surface area contributed by atoms with Crippen molar-refractivity contribution in [2.45, 2.75) is 25.9 Å². The first-order valence-electron chi connectivity index (χ1n) is 10.3. The third kappa shape index (κ3) is 5.46. The van der Waals surface area contributed by atoms with Gasteiger partial charge in [0.05, 0.1) is 19.6 Å². The third-order valence-electron chi connectivity index (χ3n) is 5.41. The van der Waals surface area contributed by atoms with Crippen molar-refractivity contribution in [1.29, 1.82) is 0 Å². The number of likely N-dealkylation sites (tertiary alicyclic amines) is 1. The lowest BCUT2D eigenvalue weighted by molar-refractivity contribution is -0.127. The summed E-state index contributed by atoms with van der Waals surface area (Å²) >= 11 is 0. The van der Waals surface area contributed by atoms with Gasteiger partial charge in [0.1, 0.15) is 11.6 Å². The molecule has 2 aromatic carbocycles. The van der Waals surface area contributed by atoms with Crippen molar-refractivity contribution >= 4 is 5.91 Å². The molecule has 1 aliphatic rings. The largest absolute Gasteiger partial charge is 0.497 e. The Kier molecular flexibility index (Phi) is 6.57. The van der Waals surface area contributed by atoms with E-state index in [9.17, 15) is 9.18 Å². The van der Waals surface area contributed by atoms with Gasteiger partial charge in [-0.15, -0.1) is 0 Å². The quantitative estimate of drug-likeness (QED) is 0.626. The topological polar surface area (TPSA) is 80.5 Å². The summed E-state index contributed by atoms with van der Waals surface area (Å²) in [5.41, 5.74) is 1.82. The van der Waals surface area contributed by atoms with E-state index in [2.05, 4.69) is 20.4 Å². The van der Waals surface area contributed by atoms with E-state index in [1.54, 1.807) is 19.2 Å². The third-order valence-corrected chi connectivity index (χ3v) is 5.41. The first-order valence-corrected chi connectivity index (χ1v) is 10.3. The van der Waals surface area contributed by atoms with Crippen LogP contribution in [0.15, 0.2) is 53.1 Å². The minimum Gasteiger partial charge on any atom is -0.497 e. The first-order chi connectivity index (χ1) is 15.1. The number of halogens is 1. The molecule has 1 fully saturated rings.